The lowest BCUT2D eigenvalue weighted by Gasteiger charge is -2.19. The van der Waals surface area contributed by atoms with Crippen molar-refractivity contribution >= 4 is 45.5 Å². The third-order valence-corrected chi connectivity index (χ3v) is 5.04. The third-order valence-electron chi connectivity index (χ3n) is 2.83. The molecule has 0 saturated heterocycles. The summed E-state index contributed by atoms with van der Waals surface area (Å²) in [6.07, 6.45) is 0.905. The fourth-order valence-corrected chi connectivity index (χ4v) is 3.70. The Bertz CT molecular complexity index is 556. The Morgan fingerprint density at radius 1 is 1.47 bits per heavy atom. The van der Waals surface area contributed by atoms with Gasteiger partial charge in [-0.1, -0.05) is 18.5 Å². The van der Waals surface area contributed by atoms with Crippen LogP contribution < -0.4 is 5.32 Å². The molecular formula is C14H16ClIN2S. The summed E-state index contributed by atoms with van der Waals surface area (Å²) in [5.41, 5.74) is 2.35. The maximum atomic E-state index is 6.12. The summed E-state index contributed by atoms with van der Waals surface area (Å²) in [7, 11) is 0. The van der Waals surface area contributed by atoms with E-state index < -0.39 is 0 Å². The Labute approximate surface area is 136 Å². The van der Waals surface area contributed by atoms with Gasteiger partial charge in [0.05, 0.1) is 5.01 Å². The highest BCUT2D eigenvalue weighted by Gasteiger charge is 2.16. The minimum absolute atomic E-state index is 0.265. The second kappa shape index (κ2) is 7.02. The molecule has 1 aromatic carbocycles. The predicted octanol–water partition coefficient (Wildman–Crippen LogP) is 4.60. The SMILES string of the molecule is CCNC(Cc1nc(C)cs1)c1cc(Cl)ccc1I. The second-order valence-corrected chi connectivity index (χ2v) is 6.90. The molecule has 19 heavy (non-hydrogen) atoms. The number of hydrogen-bond acceptors (Lipinski definition) is 3. The lowest BCUT2D eigenvalue weighted by atomic mass is 10.0. The number of aromatic nitrogens is 1. The molecule has 1 N–H and O–H groups in total. The molecule has 0 saturated carbocycles. The van der Waals surface area contributed by atoms with Crippen molar-refractivity contribution < 1.29 is 0 Å². The van der Waals surface area contributed by atoms with Crippen LogP contribution in [0.4, 0.5) is 0 Å². The molecule has 102 valence electrons. The van der Waals surface area contributed by atoms with Gasteiger partial charge in [-0.25, -0.2) is 4.98 Å². The minimum Gasteiger partial charge on any atom is -0.310 e. The monoisotopic (exact) mass is 406 g/mol. The first-order chi connectivity index (χ1) is 9.10. The summed E-state index contributed by atoms with van der Waals surface area (Å²) in [6.45, 7) is 5.08. The standard InChI is InChI=1S/C14H16ClIN2S/c1-3-17-13(7-14-18-9(2)8-19-14)11-6-10(15)4-5-12(11)16/h4-6,8,13,17H,3,7H2,1-2H3. The van der Waals surface area contributed by atoms with Crippen LogP contribution in [0.2, 0.25) is 5.02 Å². The first-order valence-electron chi connectivity index (χ1n) is 6.19. The predicted molar refractivity (Wildman–Crippen MR) is 91.1 cm³/mol. The molecule has 0 radical (unpaired) electrons. The number of aryl methyl sites for hydroxylation is 1. The summed E-state index contributed by atoms with van der Waals surface area (Å²) in [4.78, 5) is 4.55. The molecule has 1 unspecified atom stereocenters. The van der Waals surface area contributed by atoms with Gasteiger partial charge in [0, 0.05) is 32.1 Å². The lowest BCUT2D eigenvalue weighted by molar-refractivity contribution is 0.546. The van der Waals surface area contributed by atoms with Crippen LogP contribution in [0.1, 0.15) is 29.2 Å². The first-order valence-corrected chi connectivity index (χ1v) is 8.53. The van der Waals surface area contributed by atoms with Crippen LogP contribution in [0.5, 0.6) is 0 Å². The largest absolute Gasteiger partial charge is 0.310 e. The molecule has 0 aliphatic heterocycles. The smallest absolute Gasteiger partial charge is 0.0947 e. The van der Waals surface area contributed by atoms with Crippen LogP contribution in [0, 0.1) is 10.5 Å². The van der Waals surface area contributed by atoms with Crippen LogP contribution in [-0.2, 0) is 6.42 Å². The average molecular weight is 407 g/mol. The number of nitrogens with zero attached hydrogens (tertiary/aromatic N) is 1. The Balaban J connectivity index is 2.26. The van der Waals surface area contributed by atoms with E-state index in [0.29, 0.717) is 0 Å². The van der Waals surface area contributed by atoms with E-state index in [9.17, 15) is 0 Å². The molecule has 2 nitrogen and oxygen atoms in total. The number of rotatable bonds is 5. The molecule has 0 aliphatic rings. The molecule has 1 heterocycles. The number of thiazole rings is 1. The Hall–Kier alpha value is -0.170. The first kappa shape index (κ1) is 15.2. The number of benzene rings is 1. The van der Waals surface area contributed by atoms with Gasteiger partial charge >= 0.3 is 0 Å². The maximum Gasteiger partial charge on any atom is 0.0947 e. The molecule has 2 rings (SSSR count). The number of hydrogen-bond donors (Lipinski definition) is 1. The molecule has 1 aromatic heterocycles. The summed E-state index contributed by atoms with van der Waals surface area (Å²) in [5, 5.41) is 7.58. The normalized spacial score (nSPS) is 12.6. The van der Waals surface area contributed by atoms with Crippen molar-refractivity contribution in [1.29, 1.82) is 0 Å². The fraction of sp³-hybridized carbons (Fsp3) is 0.357. The summed E-state index contributed by atoms with van der Waals surface area (Å²) >= 11 is 10.2. The molecular weight excluding hydrogens is 391 g/mol. The van der Waals surface area contributed by atoms with Gasteiger partial charge in [-0.2, -0.15) is 0 Å². The van der Waals surface area contributed by atoms with Crippen LogP contribution in [-0.4, -0.2) is 11.5 Å². The van der Waals surface area contributed by atoms with Crippen molar-refractivity contribution in [2.75, 3.05) is 6.54 Å². The van der Waals surface area contributed by atoms with Gasteiger partial charge < -0.3 is 5.32 Å². The average Bonchev–Trinajstić information content (AvgIpc) is 2.77. The van der Waals surface area contributed by atoms with Gasteiger partial charge in [-0.3, -0.25) is 0 Å². The van der Waals surface area contributed by atoms with Gasteiger partial charge in [-0.05, 0) is 59.8 Å². The van der Waals surface area contributed by atoms with Gasteiger partial charge in [0.15, 0.2) is 0 Å². The molecule has 0 spiro atoms. The zero-order valence-electron chi connectivity index (χ0n) is 10.9. The van der Waals surface area contributed by atoms with Gasteiger partial charge in [-0.15, -0.1) is 11.3 Å². The molecule has 0 amide bonds. The van der Waals surface area contributed by atoms with Gasteiger partial charge in [0.1, 0.15) is 0 Å². The molecule has 0 aliphatic carbocycles. The van der Waals surface area contributed by atoms with E-state index in [2.05, 4.69) is 57.3 Å². The van der Waals surface area contributed by atoms with E-state index in [-0.39, 0.29) is 6.04 Å². The summed E-state index contributed by atoms with van der Waals surface area (Å²) in [5.74, 6) is 0. The van der Waals surface area contributed by atoms with E-state index in [0.717, 1.165) is 23.7 Å². The van der Waals surface area contributed by atoms with Crippen molar-refractivity contribution in [1.82, 2.24) is 10.3 Å². The number of likely N-dealkylation sites (N-methyl/N-ethyl adjacent to an activating group) is 1. The van der Waals surface area contributed by atoms with Crippen LogP contribution >= 0.6 is 45.5 Å². The number of halogens is 2. The Morgan fingerprint density at radius 2 is 2.26 bits per heavy atom. The minimum atomic E-state index is 0.265. The van der Waals surface area contributed by atoms with Crippen molar-refractivity contribution in [3.05, 3.63) is 48.4 Å². The van der Waals surface area contributed by atoms with Crippen LogP contribution in [0.15, 0.2) is 23.6 Å². The third kappa shape index (κ3) is 4.15. The fourth-order valence-electron chi connectivity index (χ4n) is 1.99. The Morgan fingerprint density at radius 3 is 2.89 bits per heavy atom. The van der Waals surface area contributed by atoms with Crippen LogP contribution in [0.25, 0.3) is 0 Å². The van der Waals surface area contributed by atoms with Crippen molar-refractivity contribution in [2.45, 2.75) is 26.3 Å². The van der Waals surface area contributed by atoms with E-state index in [1.54, 1.807) is 11.3 Å². The highest BCUT2D eigenvalue weighted by atomic mass is 127. The zero-order valence-corrected chi connectivity index (χ0v) is 14.6. The lowest BCUT2D eigenvalue weighted by Crippen LogP contribution is -2.23. The molecule has 1 atom stereocenters. The van der Waals surface area contributed by atoms with E-state index in [4.69, 9.17) is 11.6 Å². The Kier molecular flexibility index (Phi) is 5.62. The molecule has 0 bridgehead atoms. The van der Waals surface area contributed by atoms with E-state index in [1.807, 2.05) is 13.0 Å². The summed E-state index contributed by atoms with van der Waals surface area (Å²) < 4.78 is 1.24. The molecule has 5 heteroatoms. The van der Waals surface area contributed by atoms with Gasteiger partial charge in [0.25, 0.3) is 0 Å². The number of nitrogens with one attached hydrogen (secondary N) is 1. The van der Waals surface area contributed by atoms with E-state index >= 15 is 0 Å². The zero-order chi connectivity index (χ0) is 13.8. The van der Waals surface area contributed by atoms with Crippen molar-refractivity contribution in [3.8, 4) is 0 Å². The molecule has 2 aromatic rings. The van der Waals surface area contributed by atoms with Gasteiger partial charge in [0.2, 0.25) is 0 Å². The molecule has 0 fully saturated rings. The summed E-state index contributed by atoms with van der Waals surface area (Å²) in [6, 6.07) is 6.32. The highest BCUT2D eigenvalue weighted by Crippen LogP contribution is 2.27. The van der Waals surface area contributed by atoms with E-state index in [1.165, 1.54) is 14.1 Å². The quantitative estimate of drug-likeness (QED) is 0.734. The van der Waals surface area contributed by atoms with Crippen molar-refractivity contribution in [2.24, 2.45) is 0 Å². The highest BCUT2D eigenvalue weighted by molar-refractivity contribution is 14.1. The topological polar surface area (TPSA) is 24.9 Å². The van der Waals surface area contributed by atoms with Crippen molar-refractivity contribution in [3.63, 3.8) is 0 Å². The van der Waals surface area contributed by atoms with Crippen LogP contribution in [0.3, 0.4) is 0 Å². The second-order valence-electron chi connectivity index (χ2n) is 4.36. The maximum absolute atomic E-state index is 6.12.